The monoisotopic (exact) mass is 392 g/mol. The molecule has 4 rings (SSSR count). The van der Waals surface area contributed by atoms with Crippen LogP contribution < -0.4 is 11.2 Å². The number of carbonyl (C=O) groups excluding carboxylic acids is 1. The molecule has 0 radical (unpaired) electrons. The van der Waals surface area contributed by atoms with Crippen LogP contribution >= 0.6 is 0 Å². The zero-order chi connectivity index (χ0) is 20.2. The Morgan fingerprint density at radius 1 is 1.28 bits per heavy atom. The molecule has 0 atom stereocenters. The molecule has 0 saturated carbocycles. The van der Waals surface area contributed by atoms with Crippen molar-refractivity contribution in [3.8, 4) is 5.82 Å². The molecule has 0 aliphatic carbocycles. The Balaban J connectivity index is 1.58. The maximum Gasteiger partial charge on any atom is 0.293 e. The van der Waals surface area contributed by atoms with Crippen molar-refractivity contribution in [1.82, 2.24) is 30.7 Å². The molecule has 0 unspecified atom stereocenters. The lowest BCUT2D eigenvalue weighted by Gasteiger charge is -2.04. The average Bonchev–Trinajstić information content (AvgIpc) is 3.34. The van der Waals surface area contributed by atoms with E-state index in [2.05, 4.69) is 35.8 Å². The van der Waals surface area contributed by atoms with Gasteiger partial charge in [0.2, 0.25) is 11.6 Å². The first-order chi connectivity index (χ1) is 14.2. The van der Waals surface area contributed by atoms with Crippen molar-refractivity contribution in [2.75, 3.05) is 12.8 Å². The molecule has 3 N–H and O–H groups in total. The van der Waals surface area contributed by atoms with Gasteiger partial charge < -0.3 is 10.5 Å². The molecular formula is C18H16N8O3. The molecule has 2 aromatic heterocycles. The van der Waals surface area contributed by atoms with Crippen LogP contribution in [-0.2, 0) is 11.3 Å². The number of hydrogen-bond donors (Lipinski definition) is 2. The predicted molar refractivity (Wildman–Crippen MR) is 103 cm³/mol. The van der Waals surface area contributed by atoms with E-state index in [9.17, 15) is 4.79 Å². The highest BCUT2D eigenvalue weighted by Crippen LogP contribution is 2.18. The van der Waals surface area contributed by atoms with Crippen LogP contribution in [0.15, 0.2) is 52.2 Å². The van der Waals surface area contributed by atoms with Crippen LogP contribution in [0.3, 0.4) is 0 Å². The van der Waals surface area contributed by atoms with Crippen LogP contribution in [0.25, 0.3) is 16.6 Å². The van der Waals surface area contributed by atoms with Gasteiger partial charge in [-0.2, -0.15) is 9.78 Å². The summed E-state index contributed by atoms with van der Waals surface area (Å²) in [6.45, 7) is 0.0368. The van der Waals surface area contributed by atoms with Crippen molar-refractivity contribution in [1.29, 1.82) is 0 Å². The number of hydrogen-bond acceptors (Lipinski definition) is 9. The Morgan fingerprint density at radius 3 is 2.90 bits per heavy atom. The third-order valence-electron chi connectivity index (χ3n) is 4.15. The van der Waals surface area contributed by atoms with Crippen LogP contribution in [0, 0.1) is 0 Å². The van der Waals surface area contributed by atoms with E-state index in [-0.39, 0.29) is 23.9 Å². The van der Waals surface area contributed by atoms with E-state index in [1.54, 1.807) is 6.21 Å². The van der Waals surface area contributed by atoms with Gasteiger partial charge in [0.25, 0.3) is 5.91 Å². The van der Waals surface area contributed by atoms with Crippen LogP contribution in [-0.4, -0.2) is 44.5 Å². The molecule has 0 fully saturated rings. The van der Waals surface area contributed by atoms with Crippen LogP contribution in [0.5, 0.6) is 0 Å². The number of nitrogens with one attached hydrogen (secondary N) is 1. The first-order valence-electron chi connectivity index (χ1n) is 8.52. The number of nitrogens with two attached hydrogens (primary N) is 1. The summed E-state index contributed by atoms with van der Waals surface area (Å²) in [6, 6.07) is 13.7. The number of carbonyl (C=O) groups is 1. The highest BCUT2D eigenvalue weighted by atomic mass is 16.6. The molecule has 0 bridgehead atoms. The highest BCUT2D eigenvalue weighted by Gasteiger charge is 2.23. The van der Waals surface area contributed by atoms with E-state index >= 15 is 0 Å². The topological polar surface area (TPSA) is 146 Å². The summed E-state index contributed by atoms with van der Waals surface area (Å²) >= 11 is 0. The van der Waals surface area contributed by atoms with E-state index in [4.69, 9.17) is 10.5 Å². The Kier molecular flexibility index (Phi) is 4.95. The molecule has 0 saturated heterocycles. The molecule has 2 heterocycles. The Morgan fingerprint density at radius 2 is 2.10 bits per heavy atom. The van der Waals surface area contributed by atoms with Gasteiger partial charge in [0.15, 0.2) is 5.69 Å². The number of ether oxygens (including phenoxy) is 1. The fourth-order valence-electron chi connectivity index (χ4n) is 2.83. The van der Waals surface area contributed by atoms with Crippen LogP contribution in [0.1, 0.15) is 21.7 Å². The summed E-state index contributed by atoms with van der Waals surface area (Å²) < 4.78 is 10.9. The molecule has 29 heavy (non-hydrogen) atoms. The van der Waals surface area contributed by atoms with E-state index in [1.807, 2.05) is 42.5 Å². The second kappa shape index (κ2) is 7.86. The molecule has 11 heteroatoms. The Hall–Kier alpha value is -4.12. The van der Waals surface area contributed by atoms with Crippen LogP contribution in [0.2, 0.25) is 0 Å². The third-order valence-corrected chi connectivity index (χ3v) is 4.15. The average molecular weight is 392 g/mol. The Labute approximate surface area is 164 Å². The quantitative estimate of drug-likeness (QED) is 0.369. The van der Waals surface area contributed by atoms with Gasteiger partial charge in [-0.1, -0.05) is 47.7 Å². The van der Waals surface area contributed by atoms with Crippen molar-refractivity contribution in [3.05, 3.63) is 59.4 Å². The first-order valence-corrected chi connectivity index (χ1v) is 8.52. The SMILES string of the molecule is COCc1c(C(=O)N/N=C\c2cccc3ccccc23)nnn1-c1nonc1N. The minimum Gasteiger partial charge on any atom is -0.378 e. The van der Waals surface area contributed by atoms with Gasteiger partial charge in [-0.15, -0.1) is 5.10 Å². The molecule has 146 valence electrons. The predicted octanol–water partition coefficient (Wildman–Crippen LogP) is 1.30. The van der Waals surface area contributed by atoms with E-state index in [0.717, 1.165) is 16.3 Å². The van der Waals surface area contributed by atoms with Gasteiger partial charge in [0.05, 0.1) is 12.8 Å². The zero-order valence-electron chi connectivity index (χ0n) is 15.3. The minimum absolute atomic E-state index is 0.00758. The lowest BCUT2D eigenvalue weighted by Crippen LogP contribution is -2.20. The van der Waals surface area contributed by atoms with E-state index in [1.165, 1.54) is 11.8 Å². The maximum absolute atomic E-state index is 12.6. The Bertz CT molecular complexity index is 1190. The molecule has 0 aliphatic heterocycles. The number of nitrogens with zero attached hydrogens (tertiary/aromatic N) is 6. The second-order valence-electron chi connectivity index (χ2n) is 5.97. The largest absolute Gasteiger partial charge is 0.378 e. The summed E-state index contributed by atoms with van der Waals surface area (Å²) in [5, 5.41) is 21.1. The number of hydrazone groups is 1. The van der Waals surface area contributed by atoms with E-state index in [0.29, 0.717) is 5.69 Å². The normalized spacial score (nSPS) is 11.3. The van der Waals surface area contributed by atoms with Crippen molar-refractivity contribution >= 4 is 28.7 Å². The fourth-order valence-corrected chi connectivity index (χ4v) is 2.83. The fraction of sp³-hybridized carbons (Fsp3) is 0.111. The number of methoxy groups -OCH3 is 1. The summed E-state index contributed by atoms with van der Waals surface area (Å²) in [6.07, 6.45) is 1.57. The minimum atomic E-state index is -0.560. The second-order valence-corrected chi connectivity index (χ2v) is 5.97. The molecular weight excluding hydrogens is 376 g/mol. The molecule has 11 nitrogen and oxygen atoms in total. The lowest BCUT2D eigenvalue weighted by molar-refractivity contribution is 0.0944. The van der Waals surface area contributed by atoms with Crippen molar-refractivity contribution in [2.45, 2.75) is 6.61 Å². The molecule has 2 aromatic carbocycles. The van der Waals surface area contributed by atoms with E-state index < -0.39 is 5.91 Å². The first kappa shape index (κ1) is 18.3. The van der Waals surface area contributed by atoms with Gasteiger partial charge in [-0.25, -0.2) is 10.1 Å². The zero-order valence-corrected chi connectivity index (χ0v) is 15.3. The maximum atomic E-state index is 12.6. The van der Waals surface area contributed by atoms with Gasteiger partial charge in [0.1, 0.15) is 5.69 Å². The lowest BCUT2D eigenvalue weighted by atomic mass is 10.1. The van der Waals surface area contributed by atoms with Gasteiger partial charge >= 0.3 is 0 Å². The summed E-state index contributed by atoms with van der Waals surface area (Å²) in [5.74, 6) is -0.439. The van der Waals surface area contributed by atoms with Gasteiger partial charge in [-0.3, -0.25) is 4.79 Å². The summed E-state index contributed by atoms with van der Waals surface area (Å²) in [7, 11) is 1.47. The number of benzene rings is 2. The third kappa shape index (κ3) is 3.53. The van der Waals surface area contributed by atoms with Gasteiger partial charge in [-0.05, 0) is 21.1 Å². The molecule has 4 aromatic rings. The van der Waals surface area contributed by atoms with Crippen molar-refractivity contribution < 1.29 is 14.2 Å². The summed E-state index contributed by atoms with van der Waals surface area (Å²) in [5.41, 5.74) is 9.36. The summed E-state index contributed by atoms with van der Waals surface area (Å²) in [4.78, 5) is 12.6. The number of anilines is 1. The molecule has 1 amide bonds. The molecule has 0 spiro atoms. The smallest absolute Gasteiger partial charge is 0.293 e. The van der Waals surface area contributed by atoms with Gasteiger partial charge in [0, 0.05) is 12.7 Å². The van der Waals surface area contributed by atoms with Crippen LogP contribution in [0.4, 0.5) is 5.82 Å². The number of nitrogen functional groups attached to an aromatic ring is 1. The van der Waals surface area contributed by atoms with Crippen molar-refractivity contribution in [2.24, 2.45) is 5.10 Å². The number of rotatable bonds is 6. The number of aromatic nitrogens is 5. The highest BCUT2D eigenvalue weighted by molar-refractivity contribution is 6.00. The standard InChI is InChI=1S/C18H16N8O3/c1-28-10-14-15(21-25-26(14)17-16(19)23-29-24-17)18(27)22-20-9-12-7-4-6-11-5-2-3-8-13(11)12/h2-9H,10H2,1H3,(H2,19,23)(H,22,27)/b20-9-. The molecule has 0 aliphatic rings. The number of fused-ring (bicyclic) bond motifs is 1. The van der Waals surface area contributed by atoms with Crippen molar-refractivity contribution in [3.63, 3.8) is 0 Å². The number of amides is 1.